The van der Waals surface area contributed by atoms with Crippen LogP contribution in [0.25, 0.3) is 0 Å². The van der Waals surface area contributed by atoms with E-state index in [0.29, 0.717) is 62.1 Å². The molecule has 2 aromatic rings. The second kappa shape index (κ2) is 20.2. The van der Waals surface area contributed by atoms with Crippen LogP contribution in [0.15, 0.2) is 41.5 Å². The fourth-order valence-corrected chi connectivity index (χ4v) is 5.23. The lowest BCUT2D eigenvalue weighted by Gasteiger charge is -2.27. The molecule has 3 amide bonds. The van der Waals surface area contributed by atoms with Crippen molar-refractivity contribution < 1.29 is 19.2 Å². The standard InChI is InChI=1S/C32H52N10O4S/c1-20(2)27(43)25(17-21-11-6-5-7-12-21)40-29(45)24(13-8-9-15-33)39-30(46)26(18-22-19-42(4)32(47)38-22)41-28(44)23(36-3)14-10-16-37-31(34)35/h5-7,11-12,19-20,23-26,36H,8-10,13-18,33H2,1-4H3,(H,38,47)(H,39,46)(H,40,45)(H,41,44)(H4,34,35,37). The van der Waals surface area contributed by atoms with Crippen LogP contribution in [0.4, 0.5) is 0 Å². The summed E-state index contributed by atoms with van der Waals surface area (Å²) in [7, 11) is 3.42. The summed E-state index contributed by atoms with van der Waals surface area (Å²) in [4.78, 5) is 61.2. The molecular formula is C32H52N10O4S. The van der Waals surface area contributed by atoms with Crippen molar-refractivity contribution in [1.29, 1.82) is 0 Å². The number of imidazole rings is 1. The highest BCUT2D eigenvalue weighted by atomic mass is 32.1. The number of nitrogens with zero attached hydrogens (tertiary/aromatic N) is 2. The summed E-state index contributed by atoms with van der Waals surface area (Å²) in [6.07, 6.45) is 4.59. The molecule has 0 radical (unpaired) electrons. The summed E-state index contributed by atoms with van der Waals surface area (Å²) in [6.45, 7) is 4.34. The Hall–Kier alpha value is -4.08. The van der Waals surface area contributed by atoms with E-state index in [2.05, 4.69) is 31.2 Å². The first-order chi connectivity index (χ1) is 22.4. The molecule has 0 spiro atoms. The van der Waals surface area contributed by atoms with Crippen molar-refractivity contribution in [2.45, 2.75) is 83.0 Å². The first-order valence-corrected chi connectivity index (χ1v) is 16.4. The minimum absolute atomic E-state index is 0.0302. The Balaban J connectivity index is 2.30. The SMILES string of the molecule is CNC(CCCN=C(N)N)C(=O)NC(Cc1cn(C)c(=S)[nH]1)C(=O)NC(CCCCN)C(=O)NC(Cc1ccccc1)C(=O)C(C)C. The topological polar surface area (TPSA) is 228 Å². The van der Waals surface area contributed by atoms with Crippen molar-refractivity contribution in [2.75, 3.05) is 20.1 Å². The van der Waals surface area contributed by atoms with E-state index in [1.165, 1.54) is 0 Å². The lowest BCUT2D eigenvalue weighted by Crippen LogP contribution is -2.58. The zero-order chi connectivity index (χ0) is 34.9. The first kappa shape index (κ1) is 39.1. The number of H-pyrrole nitrogens is 1. The van der Waals surface area contributed by atoms with Gasteiger partial charge in [-0.25, -0.2) is 0 Å². The normalized spacial score (nSPS) is 13.7. The van der Waals surface area contributed by atoms with Crippen LogP contribution in [0.2, 0.25) is 0 Å². The fraction of sp³-hybridized carbons (Fsp3) is 0.562. The number of carbonyl (C=O) groups is 4. The number of Topliss-reactive ketones (excluding diaryl/α,β-unsaturated/α-hetero) is 1. The third-order valence-corrected chi connectivity index (χ3v) is 8.09. The predicted octanol–water partition coefficient (Wildman–Crippen LogP) is 0.318. The van der Waals surface area contributed by atoms with Gasteiger partial charge in [0.15, 0.2) is 16.5 Å². The summed E-state index contributed by atoms with van der Waals surface area (Å²) in [5, 5.41) is 11.6. The summed E-state index contributed by atoms with van der Waals surface area (Å²) >= 11 is 5.30. The highest BCUT2D eigenvalue weighted by molar-refractivity contribution is 7.71. The molecule has 4 unspecified atom stereocenters. The molecule has 15 heteroatoms. The average Bonchev–Trinajstić information content (AvgIpc) is 3.35. The number of nitrogens with one attached hydrogen (secondary N) is 5. The molecule has 14 nitrogen and oxygen atoms in total. The van der Waals surface area contributed by atoms with E-state index in [-0.39, 0.29) is 24.1 Å². The van der Waals surface area contributed by atoms with Crippen molar-refractivity contribution in [2.24, 2.45) is 35.2 Å². The number of carbonyl (C=O) groups excluding carboxylic acids is 4. The van der Waals surface area contributed by atoms with Crippen LogP contribution < -0.4 is 38.5 Å². The molecule has 260 valence electrons. The van der Waals surface area contributed by atoms with Gasteiger partial charge in [-0.2, -0.15) is 0 Å². The number of hydrogen-bond acceptors (Lipinski definition) is 8. The number of rotatable bonds is 21. The molecule has 0 saturated carbocycles. The van der Waals surface area contributed by atoms with Crippen LogP contribution in [0.3, 0.4) is 0 Å². The molecular weight excluding hydrogens is 620 g/mol. The summed E-state index contributed by atoms with van der Waals surface area (Å²) in [6, 6.07) is 6.00. The highest BCUT2D eigenvalue weighted by Crippen LogP contribution is 2.11. The lowest BCUT2D eigenvalue weighted by atomic mass is 9.95. The highest BCUT2D eigenvalue weighted by Gasteiger charge is 2.31. The van der Waals surface area contributed by atoms with Crippen LogP contribution in [-0.2, 0) is 39.1 Å². The number of hydrogen-bond donors (Lipinski definition) is 8. The van der Waals surface area contributed by atoms with E-state index < -0.39 is 41.9 Å². The predicted molar refractivity (Wildman–Crippen MR) is 186 cm³/mol. The van der Waals surface area contributed by atoms with Gasteiger partial charge >= 0.3 is 0 Å². The third-order valence-electron chi connectivity index (χ3n) is 7.70. The fourth-order valence-electron chi connectivity index (χ4n) is 5.05. The number of nitrogens with two attached hydrogens (primary N) is 3. The van der Waals surface area contributed by atoms with Crippen molar-refractivity contribution in [3.8, 4) is 0 Å². The number of guanidine groups is 1. The maximum Gasteiger partial charge on any atom is 0.243 e. The largest absolute Gasteiger partial charge is 0.370 e. The van der Waals surface area contributed by atoms with Gasteiger partial charge in [0.2, 0.25) is 17.7 Å². The zero-order valence-corrected chi connectivity index (χ0v) is 28.7. The van der Waals surface area contributed by atoms with Gasteiger partial charge in [-0.05, 0) is 69.9 Å². The van der Waals surface area contributed by atoms with E-state index in [1.54, 1.807) is 38.7 Å². The molecule has 0 aliphatic rings. The number of aryl methyl sites for hydroxylation is 1. The smallest absolute Gasteiger partial charge is 0.243 e. The third kappa shape index (κ3) is 13.7. The molecule has 0 bridgehead atoms. The van der Waals surface area contributed by atoms with Gasteiger partial charge in [0.05, 0.1) is 12.1 Å². The number of amides is 3. The molecule has 47 heavy (non-hydrogen) atoms. The summed E-state index contributed by atoms with van der Waals surface area (Å²) in [5.41, 5.74) is 18.0. The molecule has 1 aromatic heterocycles. The van der Waals surface area contributed by atoms with Gasteiger partial charge < -0.3 is 48.0 Å². The zero-order valence-electron chi connectivity index (χ0n) is 27.9. The Morgan fingerprint density at radius 1 is 0.872 bits per heavy atom. The lowest BCUT2D eigenvalue weighted by molar-refractivity contribution is -0.134. The van der Waals surface area contributed by atoms with E-state index >= 15 is 0 Å². The van der Waals surface area contributed by atoms with Gasteiger partial charge in [0, 0.05) is 37.8 Å². The van der Waals surface area contributed by atoms with Crippen LogP contribution in [-0.4, -0.2) is 83.3 Å². The molecule has 4 atom stereocenters. The molecule has 1 heterocycles. The molecule has 11 N–H and O–H groups in total. The number of aliphatic imine (C=N–C) groups is 1. The molecule has 0 aliphatic carbocycles. The van der Waals surface area contributed by atoms with Gasteiger partial charge in [-0.1, -0.05) is 44.2 Å². The van der Waals surface area contributed by atoms with E-state index in [9.17, 15) is 19.2 Å². The number of likely N-dealkylation sites (N-methyl/N-ethyl adjacent to an activating group) is 1. The second-order valence-electron chi connectivity index (χ2n) is 11.9. The monoisotopic (exact) mass is 672 g/mol. The van der Waals surface area contributed by atoms with Gasteiger partial charge in [0.1, 0.15) is 12.1 Å². The van der Waals surface area contributed by atoms with Gasteiger partial charge in [-0.3, -0.25) is 24.2 Å². The Kier molecular flexibility index (Phi) is 16.8. The van der Waals surface area contributed by atoms with E-state index in [4.69, 9.17) is 29.4 Å². The molecule has 2 rings (SSSR count). The van der Waals surface area contributed by atoms with E-state index in [0.717, 1.165) is 5.56 Å². The van der Waals surface area contributed by atoms with Gasteiger partial charge in [-0.15, -0.1) is 0 Å². The number of aromatic amines is 1. The van der Waals surface area contributed by atoms with Crippen molar-refractivity contribution >= 4 is 41.7 Å². The maximum absolute atomic E-state index is 13.9. The summed E-state index contributed by atoms with van der Waals surface area (Å²) in [5.74, 6) is -1.90. The van der Waals surface area contributed by atoms with Crippen molar-refractivity contribution in [3.05, 3.63) is 52.6 Å². The van der Waals surface area contributed by atoms with Crippen LogP contribution in [0, 0.1) is 10.7 Å². The molecule has 1 aromatic carbocycles. The van der Waals surface area contributed by atoms with Crippen molar-refractivity contribution in [1.82, 2.24) is 30.8 Å². The molecule has 0 aliphatic heterocycles. The molecule has 0 saturated heterocycles. The van der Waals surface area contributed by atoms with Crippen LogP contribution >= 0.6 is 12.2 Å². The number of unbranched alkanes of at least 4 members (excludes halogenated alkanes) is 1. The first-order valence-electron chi connectivity index (χ1n) is 16.0. The minimum Gasteiger partial charge on any atom is -0.370 e. The van der Waals surface area contributed by atoms with Gasteiger partial charge in [0.25, 0.3) is 0 Å². The van der Waals surface area contributed by atoms with Crippen LogP contribution in [0.5, 0.6) is 0 Å². The number of ketones is 1. The average molecular weight is 673 g/mol. The van der Waals surface area contributed by atoms with E-state index in [1.807, 2.05) is 30.3 Å². The minimum atomic E-state index is -1.05. The summed E-state index contributed by atoms with van der Waals surface area (Å²) < 4.78 is 2.15. The molecule has 0 fully saturated rings. The Labute approximate surface area is 282 Å². The Morgan fingerprint density at radius 3 is 2.04 bits per heavy atom. The Bertz CT molecular complexity index is 1390. The maximum atomic E-state index is 13.9. The van der Waals surface area contributed by atoms with Crippen molar-refractivity contribution in [3.63, 3.8) is 0 Å². The number of aromatic nitrogens is 2. The Morgan fingerprint density at radius 2 is 1.47 bits per heavy atom. The second-order valence-corrected chi connectivity index (χ2v) is 12.3. The quantitative estimate of drug-likeness (QED) is 0.0395. The number of benzene rings is 1. The van der Waals surface area contributed by atoms with Crippen LogP contribution in [0.1, 0.15) is 57.2 Å².